The zero-order valence-corrected chi connectivity index (χ0v) is 10.6. The fourth-order valence-corrected chi connectivity index (χ4v) is 1.71. The van der Waals surface area contributed by atoms with Crippen molar-refractivity contribution < 1.29 is 9.59 Å². The predicted molar refractivity (Wildman–Crippen MR) is 72.8 cm³/mol. The SMILES string of the molecule is O=C(NNC(=O)c1ccccc1Cl)c1ccccc1. The van der Waals surface area contributed by atoms with Gasteiger partial charge in [-0.3, -0.25) is 20.4 Å². The Bertz CT molecular complexity index is 599. The number of nitrogens with one attached hydrogen (secondary N) is 2. The second-order valence-electron chi connectivity index (χ2n) is 3.75. The van der Waals surface area contributed by atoms with Gasteiger partial charge in [0.25, 0.3) is 11.8 Å². The van der Waals surface area contributed by atoms with Gasteiger partial charge in [-0.1, -0.05) is 41.9 Å². The standard InChI is InChI=1S/C14H11ClN2O2/c15-12-9-5-4-8-11(12)14(19)17-16-13(18)10-6-2-1-3-7-10/h1-9H,(H,16,18)(H,17,19). The Morgan fingerprint density at radius 3 is 2.05 bits per heavy atom. The van der Waals surface area contributed by atoms with E-state index < -0.39 is 5.91 Å². The van der Waals surface area contributed by atoms with E-state index >= 15 is 0 Å². The summed E-state index contributed by atoms with van der Waals surface area (Å²) in [6, 6.07) is 15.2. The number of amides is 2. The van der Waals surface area contributed by atoms with Crippen molar-refractivity contribution in [1.82, 2.24) is 10.9 Å². The number of rotatable bonds is 2. The van der Waals surface area contributed by atoms with Crippen molar-refractivity contribution in [2.24, 2.45) is 0 Å². The topological polar surface area (TPSA) is 58.2 Å². The monoisotopic (exact) mass is 274 g/mol. The van der Waals surface area contributed by atoms with Crippen molar-refractivity contribution in [1.29, 1.82) is 0 Å². The lowest BCUT2D eigenvalue weighted by Crippen LogP contribution is -2.41. The second kappa shape index (κ2) is 6.02. The zero-order chi connectivity index (χ0) is 13.7. The molecule has 0 heterocycles. The van der Waals surface area contributed by atoms with Gasteiger partial charge in [0.05, 0.1) is 10.6 Å². The average molecular weight is 275 g/mol. The third-order valence-corrected chi connectivity index (χ3v) is 2.77. The molecule has 2 aromatic rings. The van der Waals surface area contributed by atoms with E-state index in [1.165, 1.54) is 0 Å². The van der Waals surface area contributed by atoms with Gasteiger partial charge in [-0.15, -0.1) is 0 Å². The highest BCUT2D eigenvalue weighted by atomic mass is 35.5. The molecule has 2 aromatic carbocycles. The largest absolute Gasteiger partial charge is 0.271 e. The highest BCUT2D eigenvalue weighted by Crippen LogP contribution is 2.14. The van der Waals surface area contributed by atoms with Gasteiger partial charge >= 0.3 is 0 Å². The molecule has 0 aliphatic heterocycles. The fraction of sp³-hybridized carbons (Fsp3) is 0. The maximum absolute atomic E-state index is 11.8. The summed E-state index contributed by atoms with van der Waals surface area (Å²) in [5, 5.41) is 0.328. The molecule has 0 fully saturated rings. The van der Waals surface area contributed by atoms with Crippen LogP contribution >= 0.6 is 11.6 Å². The van der Waals surface area contributed by atoms with E-state index in [0.29, 0.717) is 16.1 Å². The molecule has 2 amide bonds. The van der Waals surface area contributed by atoms with Crippen LogP contribution in [0.2, 0.25) is 5.02 Å². The van der Waals surface area contributed by atoms with Crippen LogP contribution in [0.5, 0.6) is 0 Å². The van der Waals surface area contributed by atoms with Crippen LogP contribution in [0.3, 0.4) is 0 Å². The average Bonchev–Trinajstić information content (AvgIpc) is 2.46. The van der Waals surface area contributed by atoms with Gasteiger partial charge in [-0.2, -0.15) is 0 Å². The number of hydrazine groups is 1. The molecule has 2 rings (SSSR count). The fourth-order valence-electron chi connectivity index (χ4n) is 1.49. The molecular weight excluding hydrogens is 264 g/mol. The maximum Gasteiger partial charge on any atom is 0.271 e. The van der Waals surface area contributed by atoms with Crippen molar-refractivity contribution in [2.45, 2.75) is 0 Å². The highest BCUT2D eigenvalue weighted by Gasteiger charge is 2.10. The van der Waals surface area contributed by atoms with E-state index in [-0.39, 0.29) is 5.91 Å². The number of carbonyl (C=O) groups excluding carboxylic acids is 2. The van der Waals surface area contributed by atoms with Crippen LogP contribution in [-0.4, -0.2) is 11.8 Å². The predicted octanol–water partition coefficient (Wildman–Crippen LogP) is 2.41. The van der Waals surface area contributed by atoms with Crippen LogP contribution in [0, 0.1) is 0 Å². The van der Waals surface area contributed by atoms with Crippen LogP contribution in [0.25, 0.3) is 0 Å². The first-order chi connectivity index (χ1) is 9.18. The molecule has 4 nitrogen and oxygen atoms in total. The maximum atomic E-state index is 11.8. The third-order valence-electron chi connectivity index (χ3n) is 2.44. The smallest absolute Gasteiger partial charge is 0.267 e. The Labute approximate surface area is 115 Å². The summed E-state index contributed by atoms with van der Waals surface area (Å²) in [5.41, 5.74) is 5.41. The first-order valence-corrected chi connectivity index (χ1v) is 5.96. The molecule has 0 aliphatic carbocycles. The van der Waals surface area contributed by atoms with Crippen LogP contribution in [-0.2, 0) is 0 Å². The van der Waals surface area contributed by atoms with Gasteiger partial charge in [0.2, 0.25) is 0 Å². The molecule has 0 radical (unpaired) electrons. The van der Waals surface area contributed by atoms with Gasteiger partial charge in [-0.25, -0.2) is 0 Å². The molecule has 0 spiro atoms. The van der Waals surface area contributed by atoms with Crippen molar-refractivity contribution >= 4 is 23.4 Å². The molecule has 0 aliphatic rings. The van der Waals surface area contributed by atoms with Crippen LogP contribution in [0.15, 0.2) is 54.6 Å². The minimum Gasteiger partial charge on any atom is -0.267 e. The van der Waals surface area contributed by atoms with E-state index in [1.54, 1.807) is 54.6 Å². The summed E-state index contributed by atoms with van der Waals surface area (Å²) < 4.78 is 0. The lowest BCUT2D eigenvalue weighted by molar-refractivity contribution is 0.0847. The molecule has 0 aromatic heterocycles. The summed E-state index contributed by atoms with van der Waals surface area (Å²) in [4.78, 5) is 23.5. The van der Waals surface area contributed by atoms with Gasteiger partial charge in [0, 0.05) is 5.56 Å². The number of carbonyl (C=O) groups is 2. The Kier molecular flexibility index (Phi) is 4.15. The summed E-state index contributed by atoms with van der Waals surface area (Å²) in [6.07, 6.45) is 0. The van der Waals surface area contributed by atoms with Crippen molar-refractivity contribution in [2.75, 3.05) is 0 Å². The zero-order valence-electron chi connectivity index (χ0n) is 9.89. The molecule has 0 saturated heterocycles. The van der Waals surface area contributed by atoms with Crippen LogP contribution < -0.4 is 10.9 Å². The third kappa shape index (κ3) is 3.33. The van der Waals surface area contributed by atoms with Crippen molar-refractivity contribution in [3.8, 4) is 0 Å². The van der Waals surface area contributed by atoms with E-state index in [9.17, 15) is 9.59 Å². The number of benzene rings is 2. The molecule has 96 valence electrons. The van der Waals surface area contributed by atoms with Gasteiger partial charge in [-0.05, 0) is 24.3 Å². The van der Waals surface area contributed by atoms with Gasteiger partial charge in [0.15, 0.2) is 0 Å². The molecule has 0 bridgehead atoms. The minimum atomic E-state index is -0.463. The van der Waals surface area contributed by atoms with E-state index in [1.807, 2.05) is 0 Å². The summed E-state index contributed by atoms with van der Waals surface area (Å²) >= 11 is 5.88. The summed E-state index contributed by atoms with van der Waals surface area (Å²) in [7, 11) is 0. The summed E-state index contributed by atoms with van der Waals surface area (Å²) in [6.45, 7) is 0. The quantitative estimate of drug-likeness (QED) is 0.826. The van der Waals surface area contributed by atoms with E-state index in [4.69, 9.17) is 11.6 Å². The molecule has 5 heteroatoms. The molecule has 0 atom stereocenters. The Morgan fingerprint density at radius 1 is 0.789 bits per heavy atom. The number of hydrogen-bond donors (Lipinski definition) is 2. The Balaban J connectivity index is 1.98. The first kappa shape index (κ1) is 13.1. The van der Waals surface area contributed by atoms with Crippen molar-refractivity contribution in [3.63, 3.8) is 0 Å². The number of hydrogen-bond acceptors (Lipinski definition) is 2. The van der Waals surface area contributed by atoms with Gasteiger partial charge in [0.1, 0.15) is 0 Å². The van der Waals surface area contributed by atoms with Crippen LogP contribution in [0.4, 0.5) is 0 Å². The Hall–Kier alpha value is -2.33. The molecule has 0 unspecified atom stereocenters. The molecule has 2 N–H and O–H groups in total. The van der Waals surface area contributed by atoms with Gasteiger partial charge < -0.3 is 0 Å². The first-order valence-electron chi connectivity index (χ1n) is 5.59. The number of halogens is 1. The molecule has 0 saturated carbocycles. The minimum absolute atomic E-state index is 0.303. The lowest BCUT2D eigenvalue weighted by Gasteiger charge is -2.08. The molecule has 19 heavy (non-hydrogen) atoms. The lowest BCUT2D eigenvalue weighted by atomic mass is 10.2. The van der Waals surface area contributed by atoms with E-state index in [2.05, 4.69) is 10.9 Å². The van der Waals surface area contributed by atoms with Crippen molar-refractivity contribution in [3.05, 3.63) is 70.7 Å². The van der Waals surface area contributed by atoms with Crippen LogP contribution in [0.1, 0.15) is 20.7 Å². The highest BCUT2D eigenvalue weighted by molar-refractivity contribution is 6.33. The van der Waals surface area contributed by atoms with E-state index in [0.717, 1.165) is 0 Å². The summed E-state index contributed by atoms with van der Waals surface area (Å²) in [5.74, 6) is -0.851. The normalized spacial score (nSPS) is 9.74. The molecular formula is C14H11ClN2O2. The second-order valence-corrected chi connectivity index (χ2v) is 4.16. The Morgan fingerprint density at radius 2 is 1.37 bits per heavy atom.